The Labute approximate surface area is 349 Å². The number of para-hydroxylation sites is 2. The van der Waals surface area contributed by atoms with Gasteiger partial charge in [0.05, 0.1) is 0 Å². The van der Waals surface area contributed by atoms with Crippen molar-refractivity contribution in [2.75, 3.05) is 9.80 Å². The van der Waals surface area contributed by atoms with Crippen molar-refractivity contribution in [1.82, 2.24) is 0 Å². The summed E-state index contributed by atoms with van der Waals surface area (Å²) in [6, 6.07) is 57.0. The first kappa shape index (κ1) is 35.8. The van der Waals surface area contributed by atoms with Crippen LogP contribution in [0.15, 0.2) is 167 Å². The van der Waals surface area contributed by atoms with Crippen molar-refractivity contribution < 1.29 is 8.83 Å². The van der Waals surface area contributed by atoms with E-state index in [1.807, 2.05) is 0 Å². The lowest BCUT2D eigenvalue weighted by Gasteiger charge is -2.27. The largest absolute Gasteiger partial charge is 0.456 e. The van der Waals surface area contributed by atoms with Crippen LogP contribution in [0, 0.1) is 41.5 Å². The predicted octanol–water partition coefficient (Wildman–Crippen LogP) is 16.6. The molecule has 2 aromatic heterocycles. The Morgan fingerprint density at radius 2 is 0.767 bits per heavy atom. The number of rotatable bonds is 6. The Bertz CT molecular complexity index is 3270. The Hall–Kier alpha value is -7.30. The Balaban J connectivity index is 1.05. The molecular weight excluding hydrogens is 733 g/mol. The molecule has 0 bridgehead atoms. The number of benzene rings is 9. The fourth-order valence-corrected chi connectivity index (χ4v) is 9.36. The van der Waals surface area contributed by atoms with E-state index in [9.17, 15) is 0 Å². The zero-order chi connectivity index (χ0) is 40.8. The minimum Gasteiger partial charge on any atom is -0.456 e. The number of nitrogens with zero attached hydrogens (tertiary/aromatic N) is 2. The maximum absolute atomic E-state index is 6.87. The molecule has 0 saturated carbocycles. The number of hydrogen-bond donors (Lipinski definition) is 0. The van der Waals surface area contributed by atoms with E-state index in [-0.39, 0.29) is 0 Å². The second-order valence-electron chi connectivity index (χ2n) is 16.5. The van der Waals surface area contributed by atoms with Gasteiger partial charge in [0.15, 0.2) is 0 Å². The molecule has 0 N–H and O–H groups in total. The van der Waals surface area contributed by atoms with E-state index in [1.165, 1.54) is 33.6 Å². The summed E-state index contributed by atoms with van der Waals surface area (Å²) in [5, 5.41) is 9.01. The first-order valence-electron chi connectivity index (χ1n) is 20.7. The highest BCUT2D eigenvalue weighted by molar-refractivity contribution is 6.22. The maximum atomic E-state index is 6.87. The summed E-state index contributed by atoms with van der Waals surface area (Å²) in [6.07, 6.45) is 0. The van der Waals surface area contributed by atoms with Crippen molar-refractivity contribution in [1.29, 1.82) is 0 Å². The lowest BCUT2D eigenvalue weighted by atomic mass is 9.97. The average Bonchev–Trinajstić information content (AvgIpc) is 3.83. The highest BCUT2D eigenvalue weighted by Gasteiger charge is 2.23. The molecule has 290 valence electrons. The quantitative estimate of drug-likeness (QED) is 0.168. The van der Waals surface area contributed by atoms with E-state index in [4.69, 9.17) is 8.83 Å². The lowest BCUT2D eigenvalue weighted by Crippen LogP contribution is -2.11. The summed E-state index contributed by atoms with van der Waals surface area (Å²) in [5.74, 6) is 0. The van der Waals surface area contributed by atoms with Crippen LogP contribution in [0.25, 0.3) is 65.4 Å². The molecule has 0 atom stereocenters. The van der Waals surface area contributed by atoms with Gasteiger partial charge in [-0.15, -0.1) is 0 Å². The van der Waals surface area contributed by atoms with Gasteiger partial charge in [0.1, 0.15) is 22.3 Å². The topological polar surface area (TPSA) is 32.8 Å². The summed E-state index contributed by atoms with van der Waals surface area (Å²) in [6.45, 7) is 13.0. The minimum atomic E-state index is 0.876. The SMILES string of the molecule is Cc1ccc(C)c(N(c2ccccc2)c2ccc3cc4c(cc3c2)oc2c(C)c3c(oc5cc6cc(N(c7ccccc7)c7cc(C)ccc7C)ccc6cc53)c(C)c24)c1. The van der Waals surface area contributed by atoms with Gasteiger partial charge in [-0.3, -0.25) is 0 Å². The molecule has 0 aliphatic rings. The molecule has 0 amide bonds. The first-order chi connectivity index (χ1) is 29.2. The normalized spacial score (nSPS) is 11.8. The van der Waals surface area contributed by atoms with Crippen molar-refractivity contribution >= 4 is 99.5 Å². The number of hydrogen-bond acceptors (Lipinski definition) is 4. The van der Waals surface area contributed by atoms with Gasteiger partial charge < -0.3 is 18.6 Å². The summed E-state index contributed by atoms with van der Waals surface area (Å²) in [7, 11) is 0. The molecule has 0 aliphatic heterocycles. The summed E-state index contributed by atoms with van der Waals surface area (Å²) in [5.41, 5.74) is 17.5. The van der Waals surface area contributed by atoms with Crippen LogP contribution in [0.2, 0.25) is 0 Å². The number of anilines is 6. The van der Waals surface area contributed by atoms with Crippen molar-refractivity contribution in [2.45, 2.75) is 41.5 Å². The first-order valence-corrected chi connectivity index (χ1v) is 20.7. The van der Waals surface area contributed by atoms with E-state index in [2.05, 4.69) is 209 Å². The van der Waals surface area contributed by atoms with Crippen molar-refractivity contribution in [2.24, 2.45) is 0 Å². The van der Waals surface area contributed by atoms with Gasteiger partial charge in [0, 0.05) is 66.8 Å². The minimum absolute atomic E-state index is 0.876. The van der Waals surface area contributed by atoms with Gasteiger partial charge in [-0.2, -0.15) is 0 Å². The third-order valence-corrected chi connectivity index (χ3v) is 12.4. The Kier molecular flexibility index (Phi) is 8.15. The lowest BCUT2D eigenvalue weighted by molar-refractivity contribution is 0.660. The highest BCUT2D eigenvalue weighted by Crippen LogP contribution is 2.46. The van der Waals surface area contributed by atoms with E-state index in [1.54, 1.807) is 0 Å². The Morgan fingerprint density at radius 3 is 1.18 bits per heavy atom. The molecule has 11 rings (SSSR count). The average molecular weight is 777 g/mol. The Morgan fingerprint density at radius 1 is 0.350 bits per heavy atom. The van der Waals surface area contributed by atoms with Gasteiger partial charge in [-0.1, -0.05) is 72.8 Å². The smallest absolute Gasteiger partial charge is 0.139 e. The fraction of sp³-hybridized carbons (Fsp3) is 0.107. The summed E-state index contributed by atoms with van der Waals surface area (Å²) < 4.78 is 13.7. The molecular formula is C56H44N2O2. The van der Waals surface area contributed by atoms with E-state index < -0.39 is 0 Å². The zero-order valence-corrected chi connectivity index (χ0v) is 34.7. The van der Waals surface area contributed by atoms with Gasteiger partial charge in [0.25, 0.3) is 0 Å². The molecule has 0 spiro atoms. The molecule has 11 aromatic rings. The van der Waals surface area contributed by atoms with Crippen LogP contribution in [0.5, 0.6) is 0 Å². The molecule has 0 aliphatic carbocycles. The van der Waals surface area contributed by atoms with Crippen LogP contribution >= 0.6 is 0 Å². The van der Waals surface area contributed by atoms with Crippen LogP contribution in [0.1, 0.15) is 33.4 Å². The number of fused-ring (bicyclic) bond motifs is 8. The molecule has 60 heavy (non-hydrogen) atoms. The van der Waals surface area contributed by atoms with Crippen LogP contribution in [0.3, 0.4) is 0 Å². The molecule has 0 saturated heterocycles. The van der Waals surface area contributed by atoms with Crippen LogP contribution in [-0.2, 0) is 0 Å². The molecule has 0 unspecified atom stereocenters. The molecule has 9 aromatic carbocycles. The van der Waals surface area contributed by atoms with E-state index >= 15 is 0 Å². The molecule has 0 fully saturated rings. The summed E-state index contributed by atoms with van der Waals surface area (Å²) >= 11 is 0. The van der Waals surface area contributed by atoms with E-state index in [0.717, 1.165) is 99.3 Å². The third-order valence-electron chi connectivity index (χ3n) is 12.4. The zero-order valence-electron chi connectivity index (χ0n) is 34.7. The van der Waals surface area contributed by atoms with Crippen molar-refractivity contribution in [3.05, 3.63) is 191 Å². The molecule has 0 radical (unpaired) electrons. The monoisotopic (exact) mass is 776 g/mol. The van der Waals surface area contributed by atoms with Crippen molar-refractivity contribution in [3.63, 3.8) is 0 Å². The van der Waals surface area contributed by atoms with Gasteiger partial charge in [-0.05, 0) is 170 Å². The summed E-state index contributed by atoms with van der Waals surface area (Å²) in [4.78, 5) is 4.71. The third kappa shape index (κ3) is 5.66. The van der Waals surface area contributed by atoms with Gasteiger partial charge in [-0.25, -0.2) is 0 Å². The maximum Gasteiger partial charge on any atom is 0.139 e. The van der Waals surface area contributed by atoms with Crippen molar-refractivity contribution in [3.8, 4) is 0 Å². The van der Waals surface area contributed by atoms with Gasteiger partial charge in [0.2, 0.25) is 0 Å². The van der Waals surface area contributed by atoms with Crippen LogP contribution in [-0.4, -0.2) is 0 Å². The predicted molar refractivity (Wildman–Crippen MR) is 254 cm³/mol. The number of furan rings is 2. The van der Waals surface area contributed by atoms with Crippen LogP contribution in [0.4, 0.5) is 34.1 Å². The van der Waals surface area contributed by atoms with Gasteiger partial charge >= 0.3 is 0 Å². The number of aryl methyl sites for hydroxylation is 6. The van der Waals surface area contributed by atoms with Crippen LogP contribution < -0.4 is 9.80 Å². The van der Waals surface area contributed by atoms with E-state index in [0.29, 0.717) is 0 Å². The molecule has 4 nitrogen and oxygen atoms in total. The standard InChI is InChI=1S/C56H44N2O2/c1-33-17-19-35(3)49(25-33)57(43-13-9-7-10-14-43)45-23-21-39-29-47-51(31-41(39)27-45)59-55-38(6)54-48-30-40-22-24-46(28-42(40)32-52(48)60-56(54)37(5)53(47)55)58(44-15-11-8-12-16-44)50-26-34(2)18-20-36(50)4/h7-32H,1-6H3. The molecule has 2 heterocycles. The highest BCUT2D eigenvalue weighted by atomic mass is 16.3. The second kappa shape index (κ2) is 13.6. The molecule has 4 heteroatoms. The fourth-order valence-electron chi connectivity index (χ4n) is 9.36. The second-order valence-corrected chi connectivity index (χ2v) is 16.5.